The van der Waals surface area contributed by atoms with Gasteiger partial charge in [0, 0.05) is 13.0 Å². The lowest BCUT2D eigenvalue weighted by Crippen LogP contribution is -2.61. The Morgan fingerprint density at radius 3 is 2.20 bits per heavy atom. The number of nitrogens with two attached hydrogens (primary N) is 1. The molecule has 0 aromatic heterocycles. The number of carbonyl (C=O) groups is 7. The molecule has 6 N–H and O–H groups in total. The zero-order chi connectivity index (χ0) is 37.5. The normalized spacial score (nSPS) is 17.7. The van der Waals surface area contributed by atoms with Crippen LogP contribution in [-0.2, 0) is 46.5 Å². The maximum atomic E-state index is 14.5. The van der Waals surface area contributed by atoms with E-state index in [4.69, 9.17) is 10.5 Å². The number of alkyl carbamates (subject to hydrolysis) is 1. The van der Waals surface area contributed by atoms with Crippen LogP contribution in [0.25, 0.3) is 0 Å². The number of carbonyl (C=O) groups excluding carboxylic acids is 7. The third-order valence-corrected chi connectivity index (χ3v) is 9.41. The zero-order valence-electron chi connectivity index (χ0n) is 30.5. The van der Waals surface area contributed by atoms with Gasteiger partial charge in [0.25, 0.3) is 5.91 Å². The standard InChI is InChI=1S/C37H56N6O8/c1-5-7-18-28(33(38)46)40-30(44)20-39-35(48)32(45)27(13-6-2)41-34(47)29-19-25-16-11-12-17-26(25)21-43(29)36(49)31(24-14-9-8-10-15-24)42-37(50)51-22-23(3)4/h11-12,16-17,23-24,27-29,31H,5-10,13-15,18-22H2,1-4H3,(H2,38,46)(H,39,48)(H,40,44)(H,41,47)(H,42,50)/t27?,28?,29-,31?/m0/s1. The number of benzene rings is 1. The number of nitrogens with one attached hydrogen (secondary N) is 4. The van der Waals surface area contributed by atoms with Crippen molar-refractivity contribution in [2.45, 2.75) is 129 Å². The van der Waals surface area contributed by atoms with Crippen molar-refractivity contribution in [3.05, 3.63) is 35.4 Å². The van der Waals surface area contributed by atoms with Gasteiger partial charge in [-0.1, -0.05) is 90.5 Å². The molecular weight excluding hydrogens is 656 g/mol. The minimum atomic E-state index is -1.22. The number of hydrogen-bond donors (Lipinski definition) is 5. The van der Waals surface area contributed by atoms with E-state index in [1.165, 1.54) is 4.90 Å². The monoisotopic (exact) mass is 712 g/mol. The van der Waals surface area contributed by atoms with Gasteiger partial charge >= 0.3 is 6.09 Å². The SMILES string of the molecule is CCCCC(NC(=O)CNC(=O)C(=O)C(CCC)NC(=O)[C@@H]1Cc2ccccc2CN1C(=O)C(NC(=O)OCC(C)C)C1CCCCC1)C(N)=O. The van der Waals surface area contributed by atoms with Crippen LogP contribution in [0.3, 0.4) is 0 Å². The summed E-state index contributed by atoms with van der Waals surface area (Å²) < 4.78 is 5.38. The topological polar surface area (TPSA) is 206 Å². The predicted octanol–water partition coefficient (Wildman–Crippen LogP) is 2.40. The van der Waals surface area contributed by atoms with Crippen LogP contribution in [0.2, 0.25) is 0 Å². The molecule has 6 amide bonds. The van der Waals surface area contributed by atoms with E-state index in [2.05, 4.69) is 21.3 Å². The van der Waals surface area contributed by atoms with E-state index in [0.717, 1.165) is 49.7 Å². The number of ether oxygens (including phenoxy) is 1. The summed E-state index contributed by atoms with van der Waals surface area (Å²) in [5.41, 5.74) is 7.12. The molecule has 1 heterocycles. The lowest BCUT2D eigenvalue weighted by molar-refractivity contribution is -0.146. The summed E-state index contributed by atoms with van der Waals surface area (Å²) in [5, 5.41) is 10.3. The Labute approximate surface area is 300 Å². The molecule has 1 fully saturated rings. The van der Waals surface area contributed by atoms with Crippen LogP contribution in [-0.4, -0.2) is 83.6 Å². The molecule has 51 heavy (non-hydrogen) atoms. The maximum Gasteiger partial charge on any atom is 0.407 e. The van der Waals surface area contributed by atoms with E-state index in [1.807, 2.05) is 45.0 Å². The first-order valence-corrected chi connectivity index (χ1v) is 18.4. The van der Waals surface area contributed by atoms with Gasteiger partial charge in [0.2, 0.25) is 29.4 Å². The van der Waals surface area contributed by atoms with Gasteiger partial charge in [0.1, 0.15) is 18.1 Å². The van der Waals surface area contributed by atoms with Gasteiger partial charge < -0.3 is 36.6 Å². The van der Waals surface area contributed by atoms with Gasteiger partial charge in [-0.05, 0) is 48.6 Å². The van der Waals surface area contributed by atoms with E-state index >= 15 is 0 Å². The molecule has 2 aliphatic rings. The van der Waals surface area contributed by atoms with Crippen molar-refractivity contribution >= 4 is 41.4 Å². The highest BCUT2D eigenvalue weighted by Gasteiger charge is 2.42. The second-order valence-electron chi connectivity index (χ2n) is 14.0. The molecule has 4 atom stereocenters. The molecule has 3 unspecified atom stereocenters. The summed E-state index contributed by atoms with van der Waals surface area (Å²) in [4.78, 5) is 93.2. The van der Waals surface area contributed by atoms with Gasteiger partial charge in [-0.2, -0.15) is 0 Å². The maximum absolute atomic E-state index is 14.5. The molecule has 14 nitrogen and oxygen atoms in total. The molecule has 14 heteroatoms. The van der Waals surface area contributed by atoms with Crippen molar-refractivity contribution in [1.29, 1.82) is 0 Å². The molecule has 1 saturated carbocycles. The third-order valence-electron chi connectivity index (χ3n) is 9.41. The van der Waals surface area contributed by atoms with Gasteiger partial charge in [0.15, 0.2) is 0 Å². The van der Waals surface area contributed by atoms with Gasteiger partial charge in [0.05, 0.1) is 19.2 Å². The van der Waals surface area contributed by atoms with Crippen molar-refractivity contribution < 1.29 is 38.3 Å². The second-order valence-corrected chi connectivity index (χ2v) is 14.0. The van der Waals surface area contributed by atoms with Crippen LogP contribution in [0.5, 0.6) is 0 Å². The predicted molar refractivity (Wildman–Crippen MR) is 190 cm³/mol. The molecule has 1 aromatic rings. The average Bonchev–Trinajstić information content (AvgIpc) is 3.12. The van der Waals surface area contributed by atoms with Crippen LogP contribution in [0, 0.1) is 11.8 Å². The fraction of sp³-hybridized carbons (Fsp3) is 0.649. The number of nitrogens with zero attached hydrogens (tertiary/aromatic N) is 1. The van der Waals surface area contributed by atoms with Gasteiger partial charge in [-0.3, -0.25) is 28.8 Å². The van der Waals surface area contributed by atoms with Crippen molar-refractivity contribution in [2.24, 2.45) is 17.6 Å². The lowest BCUT2D eigenvalue weighted by Gasteiger charge is -2.40. The molecule has 0 radical (unpaired) electrons. The summed E-state index contributed by atoms with van der Waals surface area (Å²) in [6, 6.07) is 3.42. The summed E-state index contributed by atoms with van der Waals surface area (Å²) in [7, 11) is 0. The summed E-state index contributed by atoms with van der Waals surface area (Å²) in [6.07, 6.45) is 6.21. The fourth-order valence-corrected chi connectivity index (χ4v) is 6.60. The number of hydrogen-bond acceptors (Lipinski definition) is 8. The molecule has 0 spiro atoms. The molecule has 0 bridgehead atoms. The van der Waals surface area contributed by atoms with E-state index < -0.39 is 72.1 Å². The van der Waals surface area contributed by atoms with Crippen molar-refractivity contribution in [3.8, 4) is 0 Å². The first-order chi connectivity index (χ1) is 24.4. The van der Waals surface area contributed by atoms with Crippen LogP contribution < -0.4 is 27.0 Å². The van der Waals surface area contributed by atoms with E-state index in [9.17, 15) is 33.6 Å². The molecular formula is C37H56N6O8. The van der Waals surface area contributed by atoms with Gasteiger partial charge in [-0.15, -0.1) is 0 Å². The Bertz CT molecular complexity index is 1390. The Hall–Kier alpha value is -4.49. The number of primary amides is 1. The van der Waals surface area contributed by atoms with Crippen LogP contribution >= 0.6 is 0 Å². The molecule has 1 aliphatic heterocycles. The van der Waals surface area contributed by atoms with E-state index in [0.29, 0.717) is 19.3 Å². The Morgan fingerprint density at radius 1 is 0.882 bits per heavy atom. The zero-order valence-corrected chi connectivity index (χ0v) is 30.5. The number of amides is 6. The number of rotatable bonds is 18. The van der Waals surface area contributed by atoms with Crippen molar-refractivity contribution in [2.75, 3.05) is 13.2 Å². The Kier molecular flexibility index (Phi) is 16.4. The fourth-order valence-electron chi connectivity index (χ4n) is 6.60. The van der Waals surface area contributed by atoms with Crippen LogP contribution in [0.4, 0.5) is 4.79 Å². The summed E-state index contributed by atoms with van der Waals surface area (Å²) >= 11 is 0. The van der Waals surface area contributed by atoms with Crippen molar-refractivity contribution in [3.63, 3.8) is 0 Å². The van der Waals surface area contributed by atoms with Crippen LogP contribution in [0.1, 0.15) is 103 Å². The van der Waals surface area contributed by atoms with Gasteiger partial charge in [-0.25, -0.2) is 4.79 Å². The average molecular weight is 713 g/mol. The van der Waals surface area contributed by atoms with E-state index in [1.54, 1.807) is 6.92 Å². The lowest BCUT2D eigenvalue weighted by atomic mass is 9.82. The summed E-state index contributed by atoms with van der Waals surface area (Å²) in [6.45, 7) is 7.30. The molecule has 1 aliphatic carbocycles. The Balaban J connectivity index is 1.79. The molecule has 0 saturated heterocycles. The summed E-state index contributed by atoms with van der Waals surface area (Å²) in [5.74, 6) is -4.46. The first kappa shape index (κ1) is 40.9. The van der Waals surface area contributed by atoms with E-state index in [-0.39, 0.29) is 37.8 Å². The minimum absolute atomic E-state index is 0.106. The first-order valence-electron chi connectivity index (χ1n) is 18.4. The largest absolute Gasteiger partial charge is 0.449 e. The second kappa shape index (κ2) is 20.4. The number of unbranched alkanes of at least 4 members (excludes halogenated alkanes) is 1. The number of fused-ring (bicyclic) bond motifs is 1. The highest BCUT2D eigenvalue weighted by molar-refractivity contribution is 6.38. The smallest absolute Gasteiger partial charge is 0.407 e. The third kappa shape index (κ3) is 12.4. The number of Topliss-reactive ketones (excluding diaryl/α,β-unsaturated/α-hetero) is 1. The van der Waals surface area contributed by atoms with Crippen molar-refractivity contribution in [1.82, 2.24) is 26.2 Å². The number of ketones is 1. The highest BCUT2D eigenvalue weighted by atomic mass is 16.5. The highest BCUT2D eigenvalue weighted by Crippen LogP contribution is 2.30. The van der Waals surface area contributed by atoms with Crippen LogP contribution in [0.15, 0.2) is 24.3 Å². The molecule has 1 aromatic carbocycles. The quantitative estimate of drug-likeness (QED) is 0.143. The Morgan fingerprint density at radius 2 is 1.57 bits per heavy atom. The molecule has 3 rings (SSSR count). The minimum Gasteiger partial charge on any atom is -0.449 e. The molecule has 282 valence electrons.